The Bertz CT molecular complexity index is 1480. The van der Waals surface area contributed by atoms with Crippen LogP contribution in [-0.2, 0) is 19.8 Å². The van der Waals surface area contributed by atoms with E-state index in [1.807, 2.05) is 48.5 Å². The second-order valence-corrected chi connectivity index (χ2v) is 9.82. The second-order valence-electron chi connectivity index (χ2n) is 8.94. The molecule has 0 bridgehead atoms. The van der Waals surface area contributed by atoms with E-state index in [1.54, 1.807) is 29.3 Å². The van der Waals surface area contributed by atoms with Gasteiger partial charge in [0.1, 0.15) is 17.3 Å². The summed E-state index contributed by atoms with van der Waals surface area (Å²) in [5.41, 5.74) is 0.635. The van der Waals surface area contributed by atoms with Crippen molar-refractivity contribution in [1.82, 2.24) is 0 Å². The van der Waals surface area contributed by atoms with Gasteiger partial charge in [-0.05, 0) is 53.6 Å². The van der Waals surface area contributed by atoms with Gasteiger partial charge in [0.05, 0.1) is 11.4 Å². The van der Waals surface area contributed by atoms with E-state index in [1.165, 1.54) is 30.3 Å². The molecule has 0 N–H and O–H groups in total. The summed E-state index contributed by atoms with van der Waals surface area (Å²) in [5, 5.41) is 2.16. The van der Waals surface area contributed by atoms with Crippen LogP contribution in [0, 0.1) is 5.82 Å². The number of rotatable bonds is 4. The van der Waals surface area contributed by atoms with Gasteiger partial charge >= 0.3 is 0 Å². The molecule has 2 saturated heterocycles. The number of carbonyl (C=O) groups excluding carboxylic acids is 2. The Morgan fingerprint density at radius 1 is 0.757 bits per heavy atom. The minimum atomic E-state index is -1.49. The third-order valence-corrected chi connectivity index (χ3v) is 7.29. The van der Waals surface area contributed by atoms with Crippen LogP contribution in [0.15, 0.2) is 103 Å². The van der Waals surface area contributed by atoms with Gasteiger partial charge in [0.15, 0.2) is 6.10 Å². The lowest BCUT2D eigenvalue weighted by atomic mass is 9.69. The highest BCUT2D eigenvalue weighted by Gasteiger charge is 2.72. The predicted octanol–water partition coefficient (Wildman–Crippen LogP) is 6.51. The molecule has 2 amide bonds. The van der Waals surface area contributed by atoms with Crippen molar-refractivity contribution in [2.45, 2.75) is 17.6 Å². The summed E-state index contributed by atoms with van der Waals surface area (Å²) in [6.45, 7) is 0. The van der Waals surface area contributed by atoms with Crippen LogP contribution in [0.1, 0.15) is 17.2 Å². The van der Waals surface area contributed by atoms with E-state index in [0.717, 1.165) is 4.90 Å². The average Bonchev–Trinajstić information content (AvgIpc) is 3.36. The van der Waals surface area contributed by atoms with E-state index >= 15 is 0 Å². The number of benzene rings is 4. The van der Waals surface area contributed by atoms with Crippen molar-refractivity contribution in [2.24, 2.45) is 0 Å². The molecular formula is C29H19Cl2FN2O3. The quantitative estimate of drug-likeness (QED) is 0.281. The number of nitrogens with zero attached hydrogens (tertiary/aromatic N) is 2. The summed E-state index contributed by atoms with van der Waals surface area (Å²) in [4.78, 5) is 36.1. The van der Waals surface area contributed by atoms with Crippen LogP contribution in [0.2, 0.25) is 10.0 Å². The lowest BCUT2D eigenvalue weighted by Gasteiger charge is -2.35. The van der Waals surface area contributed by atoms with Crippen LogP contribution in [-0.4, -0.2) is 17.9 Å². The van der Waals surface area contributed by atoms with E-state index in [2.05, 4.69) is 0 Å². The highest BCUT2D eigenvalue weighted by atomic mass is 35.5. The molecule has 184 valence electrons. The van der Waals surface area contributed by atoms with E-state index in [-0.39, 0.29) is 15.7 Å². The van der Waals surface area contributed by atoms with Crippen molar-refractivity contribution >= 4 is 46.4 Å². The average molecular weight is 533 g/mol. The molecular weight excluding hydrogens is 514 g/mol. The number of amides is 2. The Morgan fingerprint density at radius 2 is 1.35 bits per heavy atom. The Morgan fingerprint density at radius 3 is 1.97 bits per heavy atom. The topological polar surface area (TPSA) is 49.9 Å². The van der Waals surface area contributed by atoms with Crippen molar-refractivity contribution in [3.8, 4) is 0 Å². The zero-order chi connectivity index (χ0) is 25.7. The van der Waals surface area contributed by atoms with Crippen LogP contribution >= 0.6 is 23.2 Å². The summed E-state index contributed by atoms with van der Waals surface area (Å²) in [6.07, 6.45) is -1.20. The van der Waals surface area contributed by atoms with Crippen molar-refractivity contribution < 1.29 is 18.8 Å². The van der Waals surface area contributed by atoms with E-state index in [4.69, 9.17) is 28.0 Å². The molecule has 3 atom stereocenters. The van der Waals surface area contributed by atoms with Gasteiger partial charge in [-0.1, -0.05) is 83.9 Å². The third-order valence-electron chi connectivity index (χ3n) is 6.85. The number of hydrogen-bond acceptors (Lipinski definition) is 4. The van der Waals surface area contributed by atoms with Crippen LogP contribution in [0.3, 0.4) is 0 Å². The Labute approximate surface area is 222 Å². The highest BCUT2D eigenvalue weighted by Crippen LogP contribution is 2.57. The monoisotopic (exact) mass is 532 g/mol. The summed E-state index contributed by atoms with van der Waals surface area (Å²) >= 11 is 12.5. The molecule has 3 unspecified atom stereocenters. The maximum atomic E-state index is 14.6. The lowest BCUT2D eigenvalue weighted by molar-refractivity contribution is -0.126. The first-order valence-electron chi connectivity index (χ1n) is 11.6. The number of fused-ring (bicyclic) bond motifs is 1. The van der Waals surface area contributed by atoms with Gasteiger partial charge in [-0.15, -0.1) is 0 Å². The standard InChI is InChI=1S/C29H19Cl2FN2O3/c30-20-15-21(31)17-24(16-20)33-27(35)26-29(28(33)36,19-7-3-1-4-8-19)25(18-11-13-22(32)14-12-18)34(37-26)23-9-5-2-6-10-23/h1-17,25-26H. The van der Waals surface area contributed by atoms with Crippen molar-refractivity contribution in [3.63, 3.8) is 0 Å². The summed E-state index contributed by atoms with van der Waals surface area (Å²) in [5.74, 6) is -1.44. The number of hydroxylamine groups is 1. The Balaban J connectivity index is 1.62. The minimum Gasteiger partial charge on any atom is -0.273 e. The fraction of sp³-hybridized carbons (Fsp3) is 0.103. The highest BCUT2D eigenvalue weighted by molar-refractivity contribution is 6.36. The van der Waals surface area contributed by atoms with Crippen molar-refractivity contribution in [1.29, 1.82) is 0 Å². The molecule has 0 radical (unpaired) electrons. The molecule has 4 aromatic carbocycles. The Hall–Kier alpha value is -3.71. The number of para-hydroxylation sites is 1. The van der Waals surface area contributed by atoms with Crippen molar-refractivity contribution in [2.75, 3.05) is 9.96 Å². The van der Waals surface area contributed by atoms with Gasteiger partial charge in [-0.3, -0.25) is 14.4 Å². The molecule has 2 heterocycles. The fourth-order valence-corrected chi connectivity index (χ4v) is 5.86. The summed E-state index contributed by atoms with van der Waals surface area (Å²) in [6, 6.07) is 27.9. The molecule has 4 aromatic rings. The number of carbonyl (C=O) groups is 2. The third kappa shape index (κ3) is 3.63. The molecule has 2 aliphatic rings. The van der Waals surface area contributed by atoms with Gasteiger partial charge in [0.25, 0.3) is 5.91 Å². The molecule has 6 rings (SSSR count). The second kappa shape index (κ2) is 8.99. The first-order chi connectivity index (χ1) is 17.9. The van der Waals surface area contributed by atoms with Crippen molar-refractivity contribution in [3.05, 3.63) is 130 Å². The van der Waals surface area contributed by atoms with Crippen LogP contribution < -0.4 is 9.96 Å². The zero-order valence-electron chi connectivity index (χ0n) is 19.2. The number of anilines is 2. The largest absolute Gasteiger partial charge is 0.273 e. The minimum absolute atomic E-state index is 0.255. The summed E-state index contributed by atoms with van der Waals surface area (Å²) < 4.78 is 14.0. The molecule has 8 heteroatoms. The van der Waals surface area contributed by atoms with Crippen LogP contribution in [0.5, 0.6) is 0 Å². The maximum absolute atomic E-state index is 14.6. The number of imide groups is 1. The molecule has 0 spiro atoms. The zero-order valence-corrected chi connectivity index (χ0v) is 20.7. The summed E-state index contributed by atoms with van der Waals surface area (Å²) in [7, 11) is 0. The van der Waals surface area contributed by atoms with Gasteiger partial charge < -0.3 is 0 Å². The van der Waals surface area contributed by atoms with Gasteiger partial charge in [-0.2, -0.15) is 0 Å². The number of halogens is 3. The van der Waals surface area contributed by atoms with Gasteiger partial charge in [-0.25, -0.2) is 14.4 Å². The maximum Gasteiger partial charge on any atom is 0.267 e. The van der Waals surface area contributed by atoms with E-state index in [9.17, 15) is 14.0 Å². The molecule has 5 nitrogen and oxygen atoms in total. The molecule has 0 aliphatic carbocycles. The first-order valence-corrected chi connectivity index (χ1v) is 12.3. The smallest absolute Gasteiger partial charge is 0.267 e. The molecule has 0 aromatic heterocycles. The normalized spacial score (nSPS) is 23.0. The fourth-order valence-electron chi connectivity index (χ4n) is 5.34. The predicted molar refractivity (Wildman–Crippen MR) is 140 cm³/mol. The molecule has 0 saturated carbocycles. The van der Waals surface area contributed by atoms with Gasteiger partial charge in [0, 0.05) is 10.0 Å². The molecule has 2 aliphatic heterocycles. The van der Waals surface area contributed by atoms with Crippen LogP contribution in [0.4, 0.5) is 15.8 Å². The van der Waals surface area contributed by atoms with E-state index in [0.29, 0.717) is 16.8 Å². The lowest BCUT2D eigenvalue weighted by Crippen LogP contribution is -2.46. The molecule has 37 heavy (non-hydrogen) atoms. The van der Waals surface area contributed by atoms with E-state index < -0.39 is 35.2 Å². The Kier molecular flexibility index (Phi) is 5.75. The number of hydrogen-bond donors (Lipinski definition) is 0. The van der Waals surface area contributed by atoms with Crippen LogP contribution in [0.25, 0.3) is 0 Å². The first kappa shape index (κ1) is 23.7. The molecule has 2 fully saturated rings. The van der Waals surface area contributed by atoms with Gasteiger partial charge in [0.2, 0.25) is 5.91 Å². The SMILES string of the molecule is O=C1C2ON(c3ccccc3)C(c3ccc(F)cc3)C2(c2ccccc2)C(=O)N1c1cc(Cl)cc(Cl)c1.